The van der Waals surface area contributed by atoms with Gasteiger partial charge in [-0.3, -0.25) is 19.0 Å². The van der Waals surface area contributed by atoms with E-state index in [1.165, 1.54) is 33.6 Å². The Morgan fingerprint density at radius 3 is 2.83 bits per heavy atom. The van der Waals surface area contributed by atoms with Crippen LogP contribution in [-0.2, 0) is 20.9 Å². The van der Waals surface area contributed by atoms with E-state index in [-0.39, 0.29) is 12.1 Å². The molecule has 1 aliphatic carbocycles. The van der Waals surface area contributed by atoms with Crippen LogP contribution in [0.1, 0.15) is 25.7 Å². The van der Waals surface area contributed by atoms with Crippen molar-refractivity contribution in [2.24, 2.45) is 0 Å². The lowest BCUT2D eigenvalue weighted by Crippen LogP contribution is -2.46. The number of nitrogens with zero attached hydrogens (tertiary/aromatic N) is 3. The van der Waals surface area contributed by atoms with E-state index in [1.807, 2.05) is 22.9 Å². The molecule has 3 aromatic heterocycles. The third kappa shape index (κ3) is 3.99. The predicted molar refractivity (Wildman–Crippen MR) is 113 cm³/mol. The van der Waals surface area contributed by atoms with Crippen LogP contribution in [0.3, 0.4) is 0 Å². The molecule has 1 fully saturated rings. The van der Waals surface area contributed by atoms with Gasteiger partial charge in [0.1, 0.15) is 16.9 Å². The first-order chi connectivity index (χ1) is 14.5. The number of nitriles is 1. The van der Waals surface area contributed by atoms with Crippen LogP contribution < -0.4 is 10.9 Å². The average molecular weight is 443 g/mol. The molecule has 0 aliphatic heterocycles. The lowest BCUT2D eigenvalue weighted by Gasteiger charge is -2.21. The first-order valence-corrected chi connectivity index (χ1v) is 11.2. The fourth-order valence-corrected chi connectivity index (χ4v) is 5.29. The molecule has 30 heavy (non-hydrogen) atoms. The molecule has 0 aromatic carbocycles. The number of fused-ring (bicyclic) bond motifs is 1. The molecule has 8 nitrogen and oxygen atoms in total. The Labute approximate surface area is 179 Å². The number of nitrogens with one attached hydrogen (secondary N) is 1. The van der Waals surface area contributed by atoms with Gasteiger partial charge in [-0.25, -0.2) is 4.98 Å². The number of carbonyl (C=O) groups is 2. The van der Waals surface area contributed by atoms with E-state index in [4.69, 9.17) is 4.74 Å². The normalized spacial score (nSPS) is 15.0. The van der Waals surface area contributed by atoms with Gasteiger partial charge in [0, 0.05) is 15.8 Å². The SMILES string of the molecule is N#CC1(NC(=O)COC(=O)Cn2cnc3scc(-c4cccs4)c3c2=O)CCCC1. The summed E-state index contributed by atoms with van der Waals surface area (Å²) in [5.74, 6) is -1.25. The number of hydrogen-bond acceptors (Lipinski definition) is 8. The molecule has 0 radical (unpaired) electrons. The highest BCUT2D eigenvalue weighted by atomic mass is 32.1. The molecule has 3 heterocycles. The first-order valence-electron chi connectivity index (χ1n) is 9.40. The van der Waals surface area contributed by atoms with Crippen molar-refractivity contribution in [3.05, 3.63) is 39.6 Å². The average Bonchev–Trinajstić information content (AvgIpc) is 3.49. The van der Waals surface area contributed by atoms with Crippen molar-refractivity contribution in [1.82, 2.24) is 14.9 Å². The van der Waals surface area contributed by atoms with E-state index in [0.717, 1.165) is 23.3 Å². The summed E-state index contributed by atoms with van der Waals surface area (Å²) < 4.78 is 6.20. The second-order valence-corrected chi connectivity index (χ2v) is 8.90. The fraction of sp³-hybridized carbons (Fsp3) is 0.350. The number of carbonyl (C=O) groups excluding carboxylic acids is 2. The number of esters is 1. The van der Waals surface area contributed by atoms with Gasteiger partial charge < -0.3 is 10.1 Å². The second kappa shape index (κ2) is 8.38. The summed E-state index contributed by atoms with van der Waals surface area (Å²) in [6, 6.07) is 5.98. The van der Waals surface area contributed by atoms with Crippen LogP contribution in [0.5, 0.6) is 0 Å². The zero-order valence-corrected chi connectivity index (χ0v) is 17.6. The minimum atomic E-state index is -0.869. The maximum Gasteiger partial charge on any atom is 0.326 e. The highest BCUT2D eigenvalue weighted by Gasteiger charge is 2.35. The molecular weight excluding hydrogens is 424 g/mol. The minimum absolute atomic E-state index is 0.333. The van der Waals surface area contributed by atoms with Gasteiger partial charge in [-0.1, -0.05) is 6.07 Å². The lowest BCUT2D eigenvalue weighted by molar-refractivity contribution is -0.149. The smallest absolute Gasteiger partial charge is 0.326 e. The monoisotopic (exact) mass is 442 g/mol. The Morgan fingerprint density at radius 1 is 1.33 bits per heavy atom. The van der Waals surface area contributed by atoms with Gasteiger partial charge in [0.2, 0.25) is 0 Å². The lowest BCUT2D eigenvalue weighted by atomic mass is 10.00. The van der Waals surface area contributed by atoms with Crippen LogP contribution in [0.4, 0.5) is 0 Å². The molecule has 0 bridgehead atoms. The summed E-state index contributed by atoms with van der Waals surface area (Å²) in [4.78, 5) is 43.0. The highest BCUT2D eigenvalue weighted by molar-refractivity contribution is 7.18. The highest BCUT2D eigenvalue weighted by Crippen LogP contribution is 2.33. The molecule has 0 atom stereocenters. The van der Waals surface area contributed by atoms with Crippen LogP contribution in [0.25, 0.3) is 20.7 Å². The number of rotatable bonds is 6. The molecule has 0 saturated heterocycles. The molecule has 0 unspecified atom stereocenters. The molecule has 1 saturated carbocycles. The summed E-state index contributed by atoms with van der Waals surface area (Å²) in [7, 11) is 0. The van der Waals surface area contributed by atoms with Crippen molar-refractivity contribution in [3.8, 4) is 16.5 Å². The van der Waals surface area contributed by atoms with Crippen LogP contribution >= 0.6 is 22.7 Å². The van der Waals surface area contributed by atoms with Gasteiger partial charge in [0.15, 0.2) is 6.61 Å². The largest absolute Gasteiger partial charge is 0.454 e. The van der Waals surface area contributed by atoms with E-state index in [2.05, 4.69) is 16.4 Å². The molecule has 154 valence electrons. The summed E-state index contributed by atoms with van der Waals surface area (Å²) >= 11 is 2.89. The molecule has 1 amide bonds. The van der Waals surface area contributed by atoms with Gasteiger partial charge in [0.25, 0.3) is 11.5 Å². The Balaban J connectivity index is 1.43. The standard InChI is InChI=1S/C20H18N4O4S2/c21-11-20(5-1-2-6-20)23-15(25)9-28-16(26)8-24-12-22-18-17(19(24)27)13(10-30-18)14-4-3-7-29-14/h3-4,7,10,12H,1-2,5-6,8-9H2,(H,23,25). The summed E-state index contributed by atoms with van der Waals surface area (Å²) in [5.41, 5.74) is -0.407. The summed E-state index contributed by atoms with van der Waals surface area (Å²) in [5, 5.41) is 16.2. The Kier molecular flexibility index (Phi) is 5.65. The third-order valence-electron chi connectivity index (χ3n) is 5.06. The molecule has 10 heteroatoms. The van der Waals surface area contributed by atoms with E-state index in [9.17, 15) is 19.6 Å². The van der Waals surface area contributed by atoms with E-state index >= 15 is 0 Å². The Bertz CT molecular complexity index is 1180. The fourth-order valence-electron chi connectivity index (χ4n) is 3.57. The number of amides is 1. The van der Waals surface area contributed by atoms with E-state index in [1.54, 1.807) is 0 Å². The quantitative estimate of drug-likeness (QED) is 0.587. The van der Waals surface area contributed by atoms with Crippen LogP contribution in [0.15, 0.2) is 34.0 Å². The van der Waals surface area contributed by atoms with Gasteiger partial charge in [0.05, 0.1) is 17.8 Å². The second-order valence-electron chi connectivity index (χ2n) is 7.09. The van der Waals surface area contributed by atoms with Gasteiger partial charge in [-0.2, -0.15) is 5.26 Å². The number of thiophene rings is 2. The molecule has 0 spiro atoms. The van der Waals surface area contributed by atoms with Crippen molar-refractivity contribution >= 4 is 44.8 Å². The van der Waals surface area contributed by atoms with Crippen LogP contribution in [0, 0.1) is 11.3 Å². The zero-order valence-electron chi connectivity index (χ0n) is 15.9. The minimum Gasteiger partial charge on any atom is -0.454 e. The van der Waals surface area contributed by atoms with Crippen LogP contribution in [0.2, 0.25) is 0 Å². The topological polar surface area (TPSA) is 114 Å². The van der Waals surface area contributed by atoms with Crippen molar-refractivity contribution in [2.75, 3.05) is 6.61 Å². The van der Waals surface area contributed by atoms with E-state index in [0.29, 0.717) is 23.1 Å². The van der Waals surface area contributed by atoms with Gasteiger partial charge >= 0.3 is 5.97 Å². The molecule has 3 aromatic rings. The Morgan fingerprint density at radius 2 is 2.13 bits per heavy atom. The maximum atomic E-state index is 12.9. The third-order valence-corrected chi connectivity index (χ3v) is 6.85. The zero-order chi connectivity index (χ0) is 21.1. The molecule has 4 rings (SSSR count). The van der Waals surface area contributed by atoms with Crippen molar-refractivity contribution < 1.29 is 14.3 Å². The van der Waals surface area contributed by atoms with E-state index < -0.39 is 24.0 Å². The predicted octanol–water partition coefficient (Wildman–Crippen LogP) is 2.68. The summed E-state index contributed by atoms with van der Waals surface area (Å²) in [6.45, 7) is -0.843. The van der Waals surface area contributed by atoms with Crippen LogP contribution in [-0.4, -0.2) is 33.6 Å². The first kappa shape index (κ1) is 20.3. The molecule has 1 aliphatic rings. The maximum absolute atomic E-state index is 12.9. The molecule has 1 N–H and O–H groups in total. The van der Waals surface area contributed by atoms with Crippen molar-refractivity contribution in [1.29, 1.82) is 5.26 Å². The number of hydrogen-bond donors (Lipinski definition) is 1. The number of ether oxygens (including phenoxy) is 1. The van der Waals surface area contributed by atoms with Gasteiger partial charge in [-0.05, 0) is 37.1 Å². The Hall–Kier alpha value is -3.03. The summed E-state index contributed by atoms with van der Waals surface area (Å²) in [6.07, 6.45) is 4.25. The number of aromatic nitrogens is 2. The molecular formula is C20H18N4O4S2. The van der Waals surface area contributed by atoms with Gasteiger partial charge in [-0.15, -0.1) is 22.7 Å². The van der Waals surface area contributed by atoms with Crippen molar-refractivity contribution in [3.63, 3.8) is 0 Å². The van der Waals surface area contributed by atoms with Crippen molar-refractivity contribution in [2.45, 2.75) is 37.8 Å².